The summed E-state index contributed by atoms with van der Waals surface area (Å²) in [7, 11) is 0. The second-order valence-corrected chi connectivity index (χ2v) is 8.17. The van der Waals surface area contributed by atoms with E-state index >= 15 is 0 Å². The molecular weight excluding hydrogens is 452 g/mol. The molecule has 3 heterocycles. The Bertz CT molecular complexity index is 1020. The molecule has 1 N–H and O–H groups in total. The van der Waals surface area contributed by atoms with Gasteiger partial charge in [-0.1, -0.05) is 15.9 Å². The molecule has 2 aliphatic heterocycles. The van der Waals surface area contributed by atoms with E-state index in [-0.39, 0.29) is 24.4 Å². The van der Waals surface area contributed by atoms with E-state index in [2.05, 4.69) is 26.2 Å². The lowest BCUT2D eigenvalue weighted by Gasteiger charge is -2.33. The first kappa shape index (κ1) is 20.2. The predicted octanol–water partition coefficient (Wildman–Crippen LogP) is 1.86. The second kappa shape index (κ2) is 8.35. The van der Waals surface area contributed by atoms with E-state index < -0.39 is 11.8 Å². The Kier molecular flexibility index (Phi) is 5.63. The predicted molar refractivity (Wildman–Crippen MR) is 111 cm³/mol. The molecule has 0 radical (unpaired) electrons. The lowest BCUT2D eigenvalue weighted by atomic mass is 10.0. The molecule has 0 unspecified atom stereocenters. The molecular formula is C21H19BrN4O4. The van der Waals surface area contributed by atoms with Gasteiger partial charge in [0, 0.05) is 36.0 Å². The van der Waals surface area contributed by atoms with E-state index in [0.29, 0.717) is 47.1 Å². The molecule has 1 aromatic heterocycles. The standard InChI is InChI=1S/C21H19BrN4O4/c22-14-3-4-16-17(10-14)21(30)26(20(16)29)12-18(27)25-8-5-15(6-9-25)24-19(28)13-2-1-7-23-11-13/h1-4,7,10-11,15H,5-6,8-9,12H2,(H,24,28). The van der Waals surface area contributed by atoms with Gasteiger partial charge >= 0.3 is 0 Å². The monoisotopic (exact) mass is 470 g/mol. The van der Waals surface area contributed by atoms with Crippen LogP contribution in [0.25, 0.3) is 0 Å². The Morgan fingerprint density at radius 2 is 1.83 bits per heavy atom. The van der Waals surface area contributed by atoms with Gasteiger partial charge in [-0.3, -0.25) is 29.1 Å². The van der Waals surface area contributed by atoms with Crippen molar-refractivity contribution in [1.29, 1.82) is 0 Å². The van der Waals surface area contributed by atoms with Crippen LogP contribution in [-0.2, 0) is 4.79 Å². The third-order valence-electron chi connectivity index (χ3n) is 5.33. The summed E-state index contributed by atoms with van der Waals surface area (Å²) in [6.45, 7) is 0.619. The molecule has 0 atom stereocenters. The van der Waals surface area contributed by atoms with Gasteiger partial charge in [0.25, 0.3) is 17.7 Å². The fourth-order valence-electron chi connectivity index (χ4n) is 3.68. The fraction of sp³-hybridized carbons (Fsp3) is 0.286. The molecule has 0 saturated carbocycles. The van der Waals surface area contributed by atoms with Gasteiger partial charge in [-0.2, -0.15) is 0 Å². The van der Waals surface area contributed by atoms with Crippen molar-refractivity contribution >= 4 is 39.6 Å². The van der Waals surface area contributed by atoms with Crippen molar-refractivity contribution in [3.63, 3.8) is 0 Å². The first-order valence-corrected chi connectivity index (χ1v) is 10.4. The van der Waals surface area contributed by atoms with Gasteiger partial charge in [-0.15, -0.1) is 0 Å². The van der Waals surface area contributed by atoms with Crippen LogP contribution >= 0.6 is 15.9 Å². The first-order chi connectivity index (χ1) is 14.4. The summed E-state index contributed by atoms with van der Waals surface area (Å²) in [6, 6.07) is 8.23. The average Bonchev–Trinajstić information content (AvgIpc) is 2.99. The Morgan fingerprint density at radius 3 is 2.53 bits per heavy atom. The average molecular weight is 471 g/mol. The Labute approximate surface area is 181 Å². The summed E-state index contributed by atoms with van der Waals surface area (Å²) in [5, 5.41) is 2.96. The molecule has 0 bridgehead atoms. The van der Waals surface area contributed by atoms with Crippen molar-refractivity contribution in [3.05, 3.63) is 63.9 Å². The summed E-state index contributed by atoms with van der Waals surface area (Å²) in [5.41, 5.74) is 1.11. The van der Waals surface area contributed by atoms with Gasteiger partial charge in [-0.25, -0.2) is 0 Å². The third-order valence-corrected chi connectivity index (χ3v) is 5.83. The Balaban J connectivity index is 1.31. The minimum atomic E-state index is -0.455. The van der Waals surface area contributed by atoms with E-state index in [1.807, 2.05) is 0 Å². The van der Waals surface area contributed by atoms with E-state index in [0.717, 1.165) is 4.90 Å². The van der Waals surface area contributed by atoms with E-state index in [1.165, 1.54) is 6.20 Å². The summed E-state index contributed by atoms with van der Waals surface area (Å²) in [5.74, 6) is -1.37. The van der Waals surface area contributed by atoms with Gasteiger partial charge in [-0.05, 0) is 43.2 Å². The highest BCUT2D eigenvalue weighted by molar-refractivity contribution is 9.10. The number of nitrogens with zero attached hydrogens (tertiary/aromatic N) is 3. The molecule has 2 aromatic rings. The highest BCUT2D eigenvalue weighted by atomic mass is 79.9. The van der Waals surface area contributed by atoms with Gasteiger partial charge in [0.2, 0.25) is 5.91 Å². The molecule has 1 saturated heterocycles. The van der Waals surface area contributed by atoms with Gasteiger partial charge < -0.3 is 10.2 Å². The number of amides is 4. The van der Waals surface area contributed by atoms with Crippen molar-refractivity contribution in [2.45, 2.75) is 18.9 Å². The van der Waals surface area contributed by atoms with E-state index in [4.69, 9.17) is 0 Å². The number of piperidine rings is 1. The largest absolute Gasteiger partial charge is 0.349 e. The molecule has 4 amide bonds. The molecule has 154 valence electrons. The van der Waals surface area contributed by atoms with Crippen molar-refractivity contribution in [2.24, 2.45) is 0 Å². The lowest BCUT2D eigenvalue weighted by Crippen LogP contribution is -2.49. The number of fused-ring (bicyclic) bond motifs is 1. The lowest BCUT2D eigenvalue weighted by molar-refractivity contribution is -0.132. The molecule has 1 aromatic carbocycles. The molecule has 4 rings (SSSR count). The van der Waals surface area contributed by atoms with Crippen molar-refractivity contribution in [3.8, 4) is 0 Å². The van der Waals surface area contributed by atoms with E-state index in [9.17, 15) is 19.2 Å². The quantitative estimate of drug-likeness (QED) is 0.687. The number of carbonyl (C=O) groups excluding carboxylic acids is 4. The third kappa shape index (κ3) is 3.97. The molecule has 9 heteroatoms. The zero-order valence-corrected chi connectivity index (χ0v) is 17.6. The molecule has 8 nitrogen and oxygen atoms in total. The summed E-state index contributed by atoms with van der Waals surface area (Å²) in [6.07, 6.45) is 4.32. The summed E-state index contributed by atoms with van der Waals surface area (Å²) >= 11 is 3.29. The molecule has 0 spiro atoms. The number of imide groups is 1. The fourth-order valence-corrected chi connectivity index (χ4v) is 4.04. The molecule has 2 aliphatic rings. The normalized spacial score (nSPS) is 16.6. The number of pyridine rings is 1. The maximum atomic E-state index is 12.7. The van der Waals surface area contributed by atoms with Crippen molar-refractivity contribution in [2.75, 3.05) is 19.6 Å². The van der Waals surface area contributed by atoms with Crippen LogP contribution in [0, 0.1) is 0 Å². The molecule has 0 aliphatic carbocycles. The topological polar surface area (TPSA) is 99.7 Å². The zero-order valence-electron chi connectivity index (χ0n) is 16.0. The van der Waals surface area contributed by atoms with Gasteiger partial charge in [0.15, 0.2) is 0 Å². The minimum absolute atomic E-state index is 0.0431. The molecule has 30 heavy (non-hydrogen) atoms. The van der Waals surface area contributed by atoms with Gasteiger partial charge in [0.05, 0.1) is 16.7 Å². The van der Waals surface area contributed by atoms with Crippen molar-refractivity contribution in [1.82, 2.24) is 20.1 Å². The number of rotatable bonds is 4. The maximum Gasteiger partial charge on any atom is 0.262 e. The number of halogens is 1. The first-order valence-electron chi connectivity index (χ1n) is 9.58. The number of carbonyl (C=O) groups is 4. The SMILES string of the molecule is O=C(NC1CCN(C(=O)CN2C(=O)c3ccc(Br)cc3C2=O)CC1)c1cccnc1. The van der Waals surface area contributed by atoms with Crippen LogP contribution in [0.5, 0.6) is 0 Å². The maximum absolute atomic E-state index is 12.7. The van der Waals surface area contributed by atoms with Crippen LogP contribution in [0.2, 0.25) is 0 Å². The van der Waals surface area contributed by atoms with Gasteiger partial charge in [0.1, 0.15) is 6.54 Å². The number of hydrogen-bond donors (Lipinski definition) is 1. The van der Waals surface area contributed by atoms with Crippen LogP contribution in [0.1, 0.15) is 43.9 Å². The smallest absolute Gasteiger partial charge is 0.262 e. The number of benzene rings is 1. The van der Waals surface area contributed by atoms with Crippen LogP contribution in [-0.4, -0.2) is 64.1 Å². The number of likely N-dealkylation sites (tertiary alicyclic amines) is 1. The second-order valence-electron chi connectivity index (χ2n) is 7.26. The Morgan fingerprint density at radius 1 is 1.10 bits per heavy atom. The minimum Gasteiger partial charge on any atom is -0.349 e. The van der Waals surface area contributed by atoms with Crippen LogP contribution in [0.4, 0.5) is 0 Å². The van der Waals surface area contributed by atoms with E-state index in [1.54, 1.807) is 41.4 Å². The highest BCUT2D eigenvalue weighted by Crippen LogP contribution is 2.26. The van der Waals surface area contributed by atoms with Crippen LogP contribution in [0.15, 0.2) is 47.2 Å². The van der Waals surface area contributed by atoms with Crippen LogP contribution in [0.3, 0.4) is 0 Å². The number of hydrogen-bond acceptors (Lipinski definition) is 5. The number of nitrogens with one attached hydrogen (secondary N) is 1. The molecule has 1 fully saturated rings. The highest BCUT2D eigenvalue weighted by Gasteiger charge is 2.38. The summed E-state index contributed by atoms with van der Waals surface area (Å²) in [4.78, 5) is 56.6. The number of aromatic nitrogens is 1. The van der Waals surface area contributed by atoms with Crippen LogP contribution < -0.4 is 5.32 Å². The zero-order chi connectivity index (χ0) is 21.3. The summed E-state index contributed by atoms with van der Waals surface area (Å²) < 4.78 is 0.700. The van der Waals surface area contributed by atoms with Crippen molar-refractivity contribution < 1.29 is 19.2 Å². The Hall–Kier alpha value is -3.07.